The Morgan fingerprint density at radius 3 is 2.34 bits per heavy atom. The molecule has 1 aliphatic heterocycles. The van der Waals surface area contributed by atoms with Crippen LogP contribution in [-0.2, 0) is 11.3 Å². The molecule has 3 aromatic carbocycles. The van der Waals surface area contributed by atoms with Crippen molar-refractivity contribution in [3.05, 3.63) is 100 Å². The molecule has 0 spiro atoms. The van der Waals surface area contributed by atoms with Crippen LogP contribution in [0.4, 0.5) is 5.69 Å². The van der Waals surface area contributed by atoms with Crippen molar-refractivity contribution in [2.45, 2.75) is 6.54 Å². The van der Waals surface area contributed by atoms with Crippen molar-refractivity contribution in [2.24, 2.45) is 4.99 Å². The molecule has 4 rings (SSSR count). The lowest BCUT2D eigenvalue weighted by atomic mass is 10.1. The molecule has 32 heavy (non-hydrogen) atoms. The van der Waals surface area contributed by atoms with Crippen LogP contribution in [0.3, 0.4) is 0 Å². The number of amidine groups is 1. The van der Waals surface area contributed by atoms with Crippen molar-refractivity contribution in [1.82, 2.24) is 4.90 Å². The number of ether oxygens (including phenoxy) is 1. The predicted molar refractivity (Wildman–Crippen MR) is 126 cm³/mol. The highest BCUT2D eigenvalue weighted by atomic mass is 32.2. The van der Waals surface area contributed by atoms with Crippen molar-refractivity contribution in [3.63, 3.8) is 0 Å². The summed E-state index contributed by atoms with van der Waals surface area (Å²) in [4.78, 5) is 31.2. The lowest BCUT2D eigenvalue weighted by Crippen LogP contribution is -2.28. The number of thioether (sulfide) groups is 1. The van der Waals surface area contributed by atoms with Gasteiger partial charge >= 0.3 is 5.97 Å². The Hall–Kier alpha value is -3.84. The van der Waals surface area contributed by atoms with Gasteiger partial charge in [-0.25, -0.2) is 9.79 Å². The van der Waals surface area contributed by atoms with Gasteiger partial charge in [0, 0.05) is 0 Å². The predicted octanol–water partition coefficient (Wildman–Crippen LogP) is 5.20. The number of aromatic carboxylic acids is 1. The van der Waals surface area contributed by atoms with Gasteiger partial charge in [0.15, 0.2) is 5.17 Å². The summed E-state index contributed by atoms with van der Waals surface area (Å²) in [5, 5.41) is 9.67. The molecule has 0 aliphatic carbocycles. The third kappa shape index (κ3) is 4.90. The van der Waals surface area contributed by atoms with Gasteiger partial charge in [-0.05, 0) is 65.4 Å². The fourth-order valence-electron chi connectivity index (χ4n) is 3.13. The molecule has 0 radical (unpaired) electrons. The molecule has 1 N–H and O–H groups in total. The number of hydrogen-bond donors (Lipinski definition) is 1. The molecule has 1 amide bonds. The number of hydrogen-bond acceptors (Lipinski definition) is 5. The summed E-state index contributed by atoms with van der Waals surface area (Å²) in [7, 11) is 1.61. The number of carbonyl (C=O) groups excluding carboxylic acids is 1. The molecule has 0 unspecified atom stereocenters. The van der Waals surface area contributed by atoms with Crippen molar-refractivity contribution in [1.29, 1.82) is 0 Å². The van der Waals surface area contributed by atoms with E-state index in [1.54, 1.807) is 30.2 Å². The molecule has 1 aliphatic rings. The Kier molecular flexibility index (Phi) is 6.37. The van der Waals surface area contributed by atoms with E-state index < -0.39 is 5.97 Å². The van der Waals surface area contributed by atoms with E-state index in [4.69, 9.17) is 14.8 Å². The fourth-order valence-corrected chi connectivity index (χ4v) is 4.13. The van der Waals surface area contributed by atoms with E-state index in [1.807, 2.05) is 54.6 Å². The number of methoxy groups -OCH3 is 1. The van der Waals surface area contributed by atoms with Crippen LogP contribution in [0.15, 0.2) is 88.8 Å². The van der Waals surface area contributed by atoms with Crippen LogP contribution < -0.4 is 4.74 Å². The SMILES string of the molecule is COc1ccc(CN2C(=O)/C(=C/c3ccc(C(=O)O)cc3)SC2=Nc2ccccc2)cc1. The summed E-state index contributed by atoms with van der Waals surface area (Å²) in [6, 6.07) is 23.4. The number of nitrogens with zero attached hydrogens (tertiary/aromatic N) is 2. The summed E-state index contributed by atoms with van der Waals surface area (Å²) in [5.74, 6) is -0.388. The first kappa shape index (κ1) is 21.4. The van der Waals surface area contributed by atoms with Crippen LogP contribution >= 0.6 is 11.8 Å². The maximum absolute atomic E-state index is 13.3. The summed E-state index contributed by atoms with van der Waals surface area (Å²) in [5.41, 5.74) is 2.66. The Morgan fingerprint density at radius 2 is 1.72 bits per heavy atom. The normalized spacial score (nSPS) is 16.0. The number of benzene rings is 3. The highest BCUT2D eigenvalue weighted by molar-refractivity contribution is 8.18. The molecule has 0 aromatic heterocycles. The van der Waals surface area contributed by atoms with Crippen LogP contribution in [0.2, 0.25) is 0 Å². The van der Waals surface area contributed by atoms with Crippen LogP contribution in [0.5, 0.6) is 5.75 Å². The van der Waals surface area contributed by atoms with Crippen LogP contribution in [-0.4, -0.2) is 34.2 Å². The van der Waals surface area contributed by atoms with Crippen molar-refractivity contribution in [2.75, 3.05) is 7.11 Å². The second-order valence-corrected chi connectivity index (χ2v) is 8.02. The molecule has 0 bridgehead atoms. The van der Waals surface area contributed by atoms with Gasteiger partial charge in [0.1, 0.15) is 5.75 Å². The minimum Gasteiger partial charge on any atom is -0.497 e. The van der Waals surface area contributed by atoms with Gasteiger partial charge < -0.3 is 9.84 Å². The monoisotopic (exact) mass is 444 g/mol. The first-order chi connectivity index (χ1) is 15.5. The Balaban J connectivity index is 1.65. The minimum absolute atomic E-state index is 0.150. The largest absolute Gasteiger partial charge is 0.497 e. The zero-order chi connectivity index (χ0) is 22.5. The van der Waals surface area contributed by atoms with Crippen molar-refractivity contribution < 1.29 is 19.4 Å². The van der Waals surface area contributed by atoms with Gasteiger partial charge in [-0.15, -0.1) is 0 Å². The summed E-state index contributed by atoms with van der Waals surface area (Å²) in [6.07, 6.45) is 1.76. The van der Waals surface area contributed by atoms with Gasteiger partial charge in [0.05, 0.1) is 29.8 Å². The molecule has 6 nitrogen and oxygen atoms in total. The third-order valence-electron chi connectivity index (χ3n) is 4.82. The Bertz CT molecular complexity index is 1190. The lowest BCUT2D eigenvalue weighted by molar-refractivity contribution is -0.122. The molecular formula is C25H20N2O4S. The number of para-hydroxylation sites is 1. The molecule has 1 saturated heterocycles. The highest BCUT2D eigenvalue weighted by Crippen LogP contribution is 2.35. The molecule has 3 aromatic rings. The molecular weight excluding hydrogens is 424 g/mol. The summed E-state index contributed by atoms with van der Waals surface area (Å²) >= 11 is 1.30. The van der Waals surface area contributed by atoms with Crippen molar-refractivity contribution >= 4 is 40.6 Å². The maximum atomic E-state index is 13.3. The second kappa shape index (κ2) is 9.53. The van der Waals surface area contributed by atoms with E-state index in [9.17, 15) is 9.59 Å². The first-order valence-electron chi connectivity index (χ1n) is 9.85. The van der Waals surface area contributed by atoms with E-state index >= 15 is 0 Å². The highest BCUT2D eigenvalue weighted by Gasteiger charge is 2.33. The number of carboxylic acid groups (broad SMARTS) is 1. The van der Waals surface area contributed by atoms with Crippen LogP contribution in [0.1, 0.15) is 21.5 Å². The smallest absolute Gasteiger partial charge is 0.335 e. The Labute approximate surface area is 189 Å². The van der Waals surface area contributed by atoms with E-state index in [0.29, 0.717) is 16.6 Å². The third-order valence-corrected chi connectivity index (χ3v) is 5.83. The van der Waals surface area contributed by atoms with E-state index in [1.165, 1.54) is 23.9 Å². The average Bonchev–Trinajstić information content (AvgIpc) is 3.09. The zero-order valence-corrected chi connectivity index (χ0v) is 18.1. The molecule has 1 fully saturated rings. The molecule has 1 heterocycles. The fraction of sp³-hybridized carbons (Fsp3) is 0.0800. The molecule has 0 atom stereocenters. The number of carbonyl (C=O) groups is 2. The lowest BCUT2D eigenvalue weighted by Gasteiger charge is -2.16. The number of rotatable bonds is 6. The number of carboxylic acids is 1. The standard InChI is InChI=1S/C25H20N2O4S/c1-31-21-13-9-18(10-14-21)16-27-23(28)22(15-17-7-11-19(12-8-17)24(29)30)32-25(27)26-20-5-3-2-4-6-20/h2-15H,16H2,1H3,(H,29,30)/b22-15-,26-25?. The van der Waals surface area contributed by atoms with Gasteiger partial charge in [-0.2, -0.15) is 0 Å². The van der Waals surface area contributed by atoms with Gasteiger partial charge in [-0.1, -0.05) is 42.5 Å². The van der Waals surface area contributed by atoms with Gasteiger partial charge in [0.25, 0.3) is 5.91 Å². The molecule has 7 heteroatoms. The van der Waals surface area contributed by atoms with E-state index in [0.717, 1.165) is 22.6 Å². The summed E-state index contributed by atoms with van der Waals surface area (Å²) in [6.45, 7) is 0.372. The topological polar surface area (TPSA) is 79.2 Å². The maximum Gasteiger partial charge on any atom is 0.335 e. The van der Waals surface area contributed by atoms with Crippen molar-refractivity contribution in [3.8, 4) is 5.75 Å². The average molecular weight is 445 g/mol. The van der Waals surface area contributed by atoms with E-state index in [-0.39, 0.29) is 11.5 Å². The second-order valence-electron chi connectivity index (χ2n) is 7.01. The van der Waals surface area contributed by atoms with Crippen LogP contribution in [0, 0.1) is 0 Å². The first-order valence-corrected chi connectivity index (χ1v) is 10.7. The Morgan fingerprint density at radius 1 is 1.03 bits per heavy atom. The molecule has 160 valence electrons. The van der Waals surface area contributed by atoms with E-state index in [2.05, 4.69) is 0 Å². The summed E-state index contributed by atoms with van der Waals surface area (Å²) < 4.78 is 5.21. The number of aliphatic imine (C=N–C) groups is 1. The molecule has 0 saturated carbocycles. The zero-order valence-electron chi connectivity index (χ0n) is 17.3. The van der Waals surface area contributed by atoms with Gasteiger partial charge in [-0.3, -0.25) is 9.69 Å². The quantitative estimate of drug-likeness (QED) is 0.529. The van der Waals surface area contributed by atoms with Gasteiger partial charge in [0.2, 0.25) is 0 Å². The minimum atomic E-state index is -0.988. The number of amides is 1. The van der Waals surface area contributed by atoms with Crippen LogP contribution in [0.25, 0.3) is 6.08 Å².